The normalized spacial score (nSPS) is 12.5. The number of aromatic nitrogens is 1. The number of hydrogen-bond donors (Lipinski definition) is 1. The molecule has 1 amide bonds. The second-order valence-corrected chi connectivity index (χ2v) is 3.29. The van der Waals surface area contributed by atoms with Crippen LogP contribution < -0.4 is 5.32 Å². The first-order valence-corrected chi connectivity index (χ1v) is 4.57. The lowest BCUT2D eigenvalue weighted by Crippen LogP contribution is -2.32. The van der Waals surface area contributed by atoms with Crippen molar-refractivity contribution in [3.63, 3.8) is 0 Å². The first-order chi connectivity index (χ1) is 6.15. The first kappa shape index (κ1) is 9.84. The minimum absolute atomic E-state index is 0.00171. The lowest BCUT2D eigenvalue weighted by Gasteiger charge is -2.11. The molecule has 0 saturated carbocycles. The van der Waals surface area contributed by atoms with Crippen LogP contribution in [0.25, 0.3) is 0 Å². The number of carbonyl (C=O) groups excluding carboxylic acids is 1. The Morgan fingerprint density at radius 1 is 1.69 bits per heavy atom. The molecule has 1 heterocycles. The molecular formula is C10H16N2O. The molecule has 1 unspecified atom stereocenters. The molecule has 3 heteroatoms. The molecule has 0 aliphatic rings. The van der Waals surface area contributed by atoms with Gasteiger partial charge in [0.15, 0.2) is 0 Å². The highest BCUT2D eigenvalue weighted by Gasteiger charge is 2.10. The molecule has 0 aliphatic heterocycles. The first-order valence-electron chi connectivity index (χ1n) is 4.57. The summed E-state index contributed by atoms with van der Waals surface area (Å²) >= 11 is 0. The van der Waals surface area contributed by atoms with E-state index in [0.29, 0.717) is 5.69 Å². The van der Waals surface area contributed by atoms with E-state index in [1.54, 1.807) is 0 Å². The van der Waals surface area contributed by atoms with Crippen LogP contribution in [0.4, 0.5) is 0 Å². The van der Waals surface area contributed by atoms with E-state index in [2.05, 4.69) is 12.2 Å². The summed E-state index contributed by atoms with van der Waals surface area (Å²) in [5.74, 6) is 0.00171. The van der Waals surface area contributed by atoms with Crippen molar-refractivity contribution >= 4 is 5.91 Å². The van der Waals surface area contributed by atoms with Crippen molar-refractivity contribution in [1.82, 2.24) is 9.88 Å². The van der Waals surface area contributed by atoms with Gasteiger partial charge >= 0.3 is 0 Å². The van der Waals surface area contributed by atoms with Crippen LogP contribution in [0.5, 0.6) is 0 Å². The maximum atomic E-state index is 11.6. The molecule has 0 bridgehead atoms. The van der Waals surface area contributed by atoms with Crippen LogP contribution in [0.2, 0.25) is 0 Å². The molecule has 13 heavy (non-hydrogen) atoms. The van der Waals surface area contributed by atoms with Gasteiger partial charge in [0, 0.05) is 19.3 Å². The van der Waals surface area contributed by atoms with Crippen LogP contribution in [-0.2, 0) is 7.05 Å². The van der Waals surface area contributed by atoms with Gasteiger partial charge in [-0.3, -0.25) is 4.79 Å². The Labute approximate surface area is 78.8 Å². The zero-order chi connectivity index (χ0) is 9.84. The predicted molar refractivity (Wildman–Crippen MR) is 52.6 cm³/mol. The van der Waals surface area contributed by atoms with Crippen LogP contribution in [0, 0.1) is 0 Å². The molecule has 72 valence electrons. The molecule has 0 radical (unpaired) electrons. The fourth-order valence-electron chi connectivity index (χ4n) is 1.10. The molecular weight excluding hydrogens is 164 g/mol. The number of amides is 1. The van der Waals surface area contributed by atoms with Crippen LogP contribution >= 0.6 is 0 Å². The fraction of sp³-hybridized carbons (Fsp3) is 0.500. The van der Waals surface area contributed by atoms with Crippen LogP contribution in [0.15, 0.2) is 18.3 Å². The van der Waals surface area contributed by atoms with Crippen molar-refractivity contribution in [2.45, 2.75) is 26.3 Å². The molecule has 1 N–H and O–H groups in total. The molecule has 1 rings (SSSR count). The summed E-state index contributed by atoms with van der Waals surface area (Å²) < 4.78 is 1.82. The molecule has 0 spiro atoms. The second kappa shape index (κ2) is 4.12. The van der Waals surface area contributed by atoms with Crippen LogP contribution in [0.3, 0.4) is 0 Å². The van der Waals surface area contributed by atoms with Gasteiger partial charge < -0.3 is 9.88 Å². The van der Waals surface area contributed by atoms with Crippen molar-refractivity contribution in [3.05, 3.63) is 24.0 Å². The number of nitrogens with zero attached hydrogens (tertiary/aromatic N) is 1. The molecule has 0 aliphatic carbocycles. The van der Waals surface area contributed by atoms with Gasteiger partial charge in [-0.05, 0) is 25.5 Å². The summed E-state index contributed by atoms with van der Waals surface area (Å²) in [6.45, 7) is 4.05. The Balaban J connectivity index is 2.64. The minimum Gasteiger partial charge on any atom is -0.348 e. The second-order valence-electron chi connectivity index (χ2n) is 3.29. The molecule has 0 aromatic carbocycles. The molecule has 3 nitrogen and oxygen atoms in total. The summed E-state index contributed by atoms with van der Waals surface area (Å²) in [7, 11) is 1.87. The van der Waals surface area contributed by atoms with Crippen molar-refractivity contribution in [2.75, 3.05) is 0 Å². The lowest BCUT2D eigenvalue weighted by molar-refractivity contribution is 0.0931. The maximum Gasteiger partial charge on any atom is 0.268 e. The van der Waals surface area contributed by atoms with Gasteiger partial charge in [0.25, 0.3) is 5.91 Å². The molecule has 1 atom stereocenters. The van der Waals surface area contributed by atoms with E-state index in [-0.39, 0.29) is 11.9 Å². The van der Waals surface area contributed by atoms with Crippen molar-refractivity contribution in [1.29, 1.82) is 0 Å². The van der Waals surface area contributed by atoms with Crippen LogP contribution in [0.1, 0.15) is 30.8 Å². The van der Waals surface area contributed by atoms with Gasteiger partial charge in [-0.2, -0.15) is 0 Å². The monoisotopic (exact) mass is 180 g/mol. The zero-order valence-electron chi connectivity index (χ0n) is 8.37. The molecule has 0 fully saturated rings. The molecule has 0 saturated heterocycles. The topological polar surface area (TPSA) is 34.0 Å². The van der Waals surface area contributed by atoms with Gasteiger partial charge in [0.1, 0.15) is 5.69 Å². The summed E-state index contributed by atoms with van der Waals surface area (Å²) in [6.07, 6.45) is 2.82. The van der Waals surface area contributed by atoms with Gasteiger partial charge in [-0.1, -0.05) is 6.92 Å². The van der Waals surface area contributed by atoms with Gasteiger partial charge in [-0.25, -0.2) is 0 Å². The largest absolute Gasteiger partial charge is 0.348 e. The van der Waals surface area contributed by atoms with Gasteiger partial charge in [-0.15, -0.1) is 0 Å². The van der Waals surface area contributed by atoms with E-state index in [1.165, 1.54) is 0 Å². The predicted octanol–water partition coefficient (Wildman–Crippen LogP) is 1.55. The van der Waals surface area contributed by atoms with Crippen LogP contribution in [-0.4, -0.2) is 16.5 Å². The lowest BCUT2D eigenvalue weighted by atomic mass is 10.2. The van der Waals surface area contributed by atoms with Gasteiger partial charge in [0.2, 0.25) is 0 Å². The molecule has 1 aromatic heterocycles. The van der Waals surface area contributed by atoms with Crippen molar-refractivity contribution < 1.29 is 4.79 Å². The average molecular weight is 180 g/mol. The van der Waals surface area contributed by atoms with Crippen molar-refractivity contribution in [3.8, 4) is 0 Å². The summed E-state index contributed by atoms with van der Waals surface area (Å²) in [6, 6.07) is 3.92. The number of carbonyl (C=O) groups is 1. The number of hydrogen-bond acceptors (Lipinski definition) is 1. The standard InChI is InChI=1S/C10H16N2O/c1-4-8(2)11-10(13)9-6-5-7-12(9)3/h5-8H,4H2,1-3H3,(H,11,13). The third kappa shape index (κ3) is 2.34. The maximum absolute atomic E-state index is 11.6. The smallest absolute Gasteiger partial charge is 0.268 e. The number of rotatable bonds is 3. The SMILES string of the molecule is CCC(C)NC(=O)c1cccn1C. The summed E-state index contributed by atoms with van der Waals surface area (Å²) in [4.78, 5) is 11.6. The number of aryl methyl sites for hydroxylation is 1. The Morgan fingerprint density at radius 2 is 2.38 bits per heavy atom. The Bertz CT molecular complexity index is 291. The third-order valence-electron chi connectivity index (χ3n) is 2.17. The Hall–Kier alpha value is -1.25. The highest BCUT2D eigenvalue weighted by molar-refractivity contribution is 5.92. The minimum atomic E-state index is 0.00171. The third-order valence-corrected chi connectivity index (χ3v) is 2.17. The average Bonchev–Trinajstić information content (AvgIpc) is 2.51. The summed E-state index contributed by atoms with van der Waals surface area (Å²) in [5.41, 5.74) is 0.709. The molecule has 1 aromatic rings. The quantitative estimate of drug-likeness (QED) is 0.752. The fourth-order valence-corrected chi connectivity index (χ4v) is 1.10. The Morgan fingerprint density at radius 3 is 2.85 bits per heavy atom. The van der Waals surface area contributed by atoms with Crippen molar-refractivity contribution in [2.24, 2.45) is 7.05 Å². The van der Waals surface area contributed by atoms with E-state index < -0.39 is 0 Å². The summed E-state index contributed by atoms with van der Waals surface area (Å²) in [5, 5.41) is 2.91. The van der Waals surface area contributed by atoms with E-state index in [0.717, 1.165) is 6.42 Å². The van der Waals surface area contributed by atoms with E-state index in [1.807, 2.05) is 36.9 Å². The zero-order valence-corrected chi connectivity index (χ0v) is 8.37. The van der Waals surface area contributed by atoms with E-state index in [9.17, 15) is 4.79 Å². The highest BCUT2D eigenvalue weighted by Crippen LogP contribution is 2.00. The number of nitrogens with one attached hydrogen (secondary N) is 1. The van der Waals surface area contributed by atoms with E-state index in [4.69, 9.17) is 0 Å². The highest BCUT2D eigenvalue weighted by atomic mass is 16.2. The van der Waals surface area contributed by atoms with E-state index >= 15 is 0 Å². The Kier molecular flexibility index (Phi) is 3.12. The van der Waals surface area contributed by atoms with Gasteiger partial charge in [0.05, 0.1) is 0 Å².